The number of hydrogen-bond acceptors (Lipinski definition) is 2. The van der Waals surface area contributed by atoms with Crippen LogP contribution in [0.1, 0.15) is 28.8 Å². The quantitative estimate of drug-likeness (QED) is 0.644. The number of carbonyl (C=O) groups excluding carboxylic acids is 1. The average Bonchev–Trinajstić information content (AvgIpc) is 3.15. The molecule has 0 unspecified atom stereocenters. The standard InChI is InChI=1S/C21H19ClN2O/c1-14-19(21(25)24-11-4-5-12-24)17-9-2-3-10-18(17)23-20(14)15-7-6-8-16(22)13-15/h2-3,6-10,13H,4-5,11-12H2,1H3. The lowest BCUT2D eigenvalue weighted by molar-refractivity contribution is 0.0794. The summed E-state index contributed by atoms with van der Waals surface area (Å²) in [6.45, 7) is 3.65. The molecule has 0 radical (unpaired) electrons. The highest BCUT2D eigenvalue weighted by Gasteiger charge is 2.25. The van der Waals surface area contributed by atoms with Gasteiger partial charge >= 0.3 is 0 Å². The number of amides is 1. The van der Waals surface area contributed by atoms with E-state index in [4.69, 9.17) is 16.6 Å². The van der Waals surface area contributed by atoms with Crippen molar-refractivity contribution < 1.29 is 4.79 Å². The summed E-state index contributed by atoms with van der Waals surface area (Å²) < 4.78 is 0. The molecule has 0 aliphatic carbocycles. The van der Waals surface area contributed by atoms with Gasteiger partial charge in [0.25, 0.3) is 5.91 Å². The van der Waals surface area contributed by atoms with E-state index < -0.39 is 0 Å². The summed E-state index contributed by atoms with van der Waals surface area (Å²) >= 11 is 6.17. The molecular formula is C21H19ClN2O. The van der Waals surface area contributed by atoms with Crippen LogP contribution in [0.2, 0.25) is 5.02 Å². The molecule has 1 aliphatic heterocycles. The summed E-state index contributed by atoms with van der Waals surface area (Å²) in [6, 6.07) is 15.5. The third-order valence-electron chi connectivity index (χ3n) is 4.84. The lowest BCUT2D eigenvalue weighted by Crippen LogP contribution is -2.28. The largest absolute Gasteiger partial charge is 0.339 e. The monoisotopic (exact) mass is 350 g/mol. The molecular weight excluding hydrogens is 332 g/mol. The maximum Gasteiger partial charge on any atom is 0.254 e. The van der Waals surface area contributed by atoms with E-state index in [2.05, 4.69) is 0 Å². The Hall–Kier alpha value is -2.39. The minimum Gasteiger partial charge on any atom is -0.339 e. The number of halogens is 1. The minimum absolute atomic E-state index is 0.108. The third kappa shape index (κ3) is 2.89. The molecule has 1 saturated heterocycles. The van der Waals surface area contributed by atoms with Crippen LogP contribution < -0.4 is 0 Å². The van der Waals surface area contributed by atoms with Gasteiger partial charge in [-0.15, -0.1) is 0 Å². The van der Waals surface area contributed by atoms with E-state index in [-0.39, 0.29) is 5.91 Å². The molecule has 1 aliphatic rings. The first kappa shape index (κ1) is 16.1. The molecule has 25 heavy (non-hydrogen) atoms. The van der Waals surface area contributed by atoms with Crippen LogP contribution in [-0.4, -0.2) is 28.9 Å². The molecule has 0 spiro atoms. The van der Waals surface area contributed by atoms with Crippen molar-refractivity contribution >= 4 is 28.4 Å². The van der Waals surface area contributed by atoms with Gasteiger partial charge in [-0.1, -0.05) is 41.9 Å². The van der Waals surface area contributed by atoms with Crippen LogP contribution in [0, 0.1) is 6.92 Å². The lowest BCUT2D eigenvalue weighted by atomic mass is 9.97. The fourth-order valence-corrected chi connectivity index (χ4v) is 3.77. The Labute approximate surface area is 152 Å². The van der Waals surface area contributed by atoms with Gasteiger partial charge < -0.3 is 4.90 Å². The number of fused-ring (bicyclic) bond motifs is 1. The maximum atomic E-state index is 13.2. The Morgan fingerprint density at radius 3 is 2.60 bits per heavy atom. The molecule has 1 aromatic heterocycles. The Kier molecular flexibility index (Phi) is 4.18. The fraction of sp³-hybridized carbons (Fsp3) is 0.238. The molecule has 1 amide bonds. The van der Waals surface area contributed by atoms with E-state index >= 15 is 0 Å². The van der Waals surface area contributed by atoms with Gasteiger partial charge in [0, 0.05) is 29.1 Å². The van der Waals surface area contributed by atoms with Crippen molar-refractivity contribution in [2.75, 3.05) is 13.1 Å². The van der Waals surface area contributed by atoms with Crippen molar-refractivity contribution in [1.82, 2.24) is 9.88 Å². The lowest BCUT2D eigenvalue weighted by Gasteiger charge is -2.20. The van der Waals surface area contributed by atoms with Gasteiger partial charge in [0.15, 0.2) is 0 Å². The molecule has 4 rings (SSSR count). The van der Waals surface area contributed by atoms with Gasteiger partial charge in [-0.2, -0.15) is 0 Å². The molecule has 126 valence electrons. The predicted octanol–water partition coefficient (Wildman–Crippen LogP) is 5.10. The zero-order chi connectivity index (χ0) is 17.4. The Balaban J connectivity index is 1.96. The SMILES string of the molecule is Cc1c(-c2cccc(Cl)c2)nc2ccccc2c1C(=O)N1CCCC1. The molecule has 2 aromatic carbocycles. The number of hydrogen-bond donors (Lipinski definition) is 0. The molecule has 2 heterocycles. The zero-order valence-electron chi connectivity index (χ0n) is 14.1. The third-order valence-corrected chi connectivity index (χ3v) is 5.08. The molecule has 3 aromatic rings. The second kappa shape index (κ2) is 6.49. The van der Waals surface area contributed by atoms with Crippen LogP contribution in [0.25, 0.3) is 22.2 Å². The van der Waals surface area contributed by atoms with Gasteiger partial charge in [-0.25, -0.2) is 4.98 Å². The summed E-state index contributed by atoms with van der Waals surface area (Å²) in [7, 11) is 0. The second-order valence-corrected chi connectivity index (χ2v) is 6.92. The number of benzene rings is 2. The van der Waals surface area contributed by atoms with Crippen molar-refractivity contribution in [3.8, 4) is 11.3 Å². The number of pyridine rings is 1. The van der Waals surface area contributed by atoms with Gasteiger partial charge in [-0.05, 0) is 43.5 Å². The van der Waals surface area contributed by atoms with Gasteiger partial charge in [0.05, 0.1) is 16.8 Å². The number of para-hydroxylation sites is 1. The first-order valence-corrected chi connectivity index (χ1v) is 8.97. The van der Waals surface area contributed by atoms with Crippen molar-refractivity contribution in [3.05, 3.63) is 64.7 Å². The first-order chi connectivity index (χ1) is 12.1. The van der Waals surface area contributed by atoms with Crippen LogP contribution in [0.5, 0.6) is 0 Å². The highest BCUT2D eigenvalue weighted by molar-refractivity contribution is 6.30. The van der Waals surface area contributed by atoms with E-state index in [1.54, 1.807) is 0 Å². The maximum absolute atomic E-state index is 13.2. The van der Waals surface area contributed by atoms with Gasteiger partial charge in [0.2, 0.25) is 0 Å². The van der Waals surface area contributed by atoms with Crippen LogP contribution in [-0.2, 0) is 0 Å². The normalized spacial score (nSPS) is 14.2. The van der Waals surface area contributed by atoms with Gasteiger partial charge in [0.1, 0.15) is 0 Å². The van der Waals surface area contributed by atoms with Crippen molar-refractivity contribution in [2.45, 2.75) is 19.8 Å². The van der Waals surface area contributed by atoms with Crippen LogP contribution >= 0.6 is 11.6 Å². The summed E-state index contributed by atoms with van der Waals surface area (Å²) in [5, 5.41) is 1.59. The summed E-state index contributed by atoms with van der Waals surface area (Å²) in [4.78, 5) is 20.0. The molecule has 3 nitrogen and oxygen atoms in total. The smallest absolute Gasteiger partial charge is 0.254 e. The summed E-state index contributed by atoms with van der Waals surface area (Å²) in [5.41, 5.74) is 4.28. The van der Waals surface area contributed by atoms with Crippen LogP contribution in [0.4, 0.5) is 0 Å². The fourth-order valence-electron chi connectivity index (χ4n) is 3.58. The second-order valence-electron chi connectivity index (χ2n) is 6.49. The van der Waals surface area contributed by atoms with Crippen molar-refractivity contribution in [1.29, 1.82) is 0 Å². The molecule has 0 atom stereocenters. The van der Waals surface area contributed by atoms with E-state index in [1.807, 2.05) is 60.4 Å². The number of likely N-dealkylation sites (tertiary alicyclic amines) is 1. The number of rotatable bonds is 2. The number of aromatic nitrogens is 1. The topological polar surface area (TPSA) is 33.2 Å². The first-order valence-electron chi connectivity index (χ1n) is 8.60. The van der Waals surface area contributed by atoms with E-state index in [1.165, 1.54) is 0 Å². The number of nitrogens with zero attached hydrogens (tertiary/aromatic N) is 2. The van der Waals surface area contributed by atoms with Crippen molar-refractivity contribution in [3.63, 3.8) is 0 Å². The van der Waals surface area contributed by atoms with E-state index in [9.17, 15) is 4.79 Å². The van der Waals surface area contributed by atoms with Crippen LogP contribution in [0.3, 0.4) is 0 Å². The number of carbonyl (C=O) groups is 1. The van der Waals surface area contributed by atoms with E-state index in [0.29, 0.717) is 5.02 Å². The summed E-state index contributed by atoms with van der Waals surface area (Å²) in [5.74, 6) is 0.108. The minimum atomic E-state index is 0.108. The Morgan fingerprint density at radius 2 is 1.84 bits per heavy atom. The Morgan fingerprint density at radius 1 is 1.08 bits per heavy atom. The molecule has 0 saturated carbocycles. The van der Waals surface area contributed by atoms with Crippen LogP contribution in [0.15, 0.2) is 48.5 Å². The molecule has 0 N–H and O–H groups in total. The zero-order valence-corrected chi connectivity index (χ0v) is 14.9. The summed E-state index contributed by atoms with van der Waals surface area (Å²) in [6.07, 6.45) is 2.16. The van der Waals surface area contributed by atoms with Gasteiger partial charge in [-0.3, -0.25) is 4.79 Å². The van der Waals surface area contributed by atoms with Crippen molar-refractivity contribution in [2.24, 2.45) is 0 Å². The average molecular weight is 351 g/mol. The Bertz CT molecular complexity index is 961. The molecule has 0 bridgehead atoms. The molecule has 4 heteroatoms. The highest BCUT2D eigenvalue weighted by Crippen LogP contribution is 2.32. The van der Waals surface area contributed by atoms with E-state index in [0.717, 1.165) is 59.2 Å². The predicted molar refractivity (Wildman–Crippen MR) is 102 cm³/mol. The highest BCUT2D eigenvalue weighted by atomic mass is 35.5. The molecule has 1 fully saturated rings.